The van der Waals surface area contributed by atoms with Gasteiger partial charge in [0.25, 0.3) is 0 Å². The summed E-state index contributed by atoms with van der Waals surface area (Å²) in [6.45, 7) is 4.12. The van der Waals surface area contributed by atoms with Crippen LogP contribution in [0.4, 0.5) is 10.3 Å². The van der Waals surface area contributed by atoms with Gasteiger partial charge in [-0.2, -0.15) is 0 Å². The maximum absolute atomic E-state index is 13.9. The van der Waals surface area contributed by atoms with Gasteiger partial charge in [0.2, 0.25) is 5.95 Å². The Morgan fingerprint density at radius 2 is 1.93 bits per heavy atom. The van der Waals surface area contributed by atoms with Crippen LogP contribution < -0.4 is 5.32 Å². The van der Waals surface area contributed by atoms with E-state index in [0.29, 0.717) is 29.3 Å². The van der Waals surface area contributed by atoms with E-state index in [4.69, 9.17) is 9.51 Å². The van der Waals surface area contributed by atoms with Crippen LogP contribution in [0, 0.1) is 12.7 Å². The summed E-state index contributed by atoms with van der Waals surface area (Å²) in [5.41, 5.74) is 4.08. The normalized spacial score (nSPS) is 10.5. The van der Waals surface area contributed by atoms with Crippen LogP contribution in [0.25, 0.3) is 22.5 Å². The molecule has 0 aliphatic carbocycles. The summed E-state index contributed by atoms with van der Waals surface area (Å²) in [6, 6.07) is 6.59. The molecule has 4 rings (SSSR count). The van der Waals surface area contributed by atoms with E-state index in [-0.39, 0.29) is 24.8 Å². The Hall–Kier alpha value is -3.39. The Labute approximate surface area is 179 Å². The number of hydrogen-bond acceptors (Lipinski definition) is 7. The van der Waals surface area contributed by atoms with Crippen molar-refractivity contribution in [3.63, 3.8) is 0 Å². The molecular weight excluding hydrogens is 407 g/mol. The van der Waals surface area contributed by atoms with E-state index < -0.39 is 0 Å². The quantitative estimate of drug-likeness (QED) is 0.480. The SMILES string of the molecule is CCc1onc(C)c1-c1nc(NCc2ccccc2F)ncc1-c1cnccn1.Cl. The first-order chi connectivity index (χ1) is 14.2. The number of anilines is 1. The van der Waals surface area contributed by atoms with Gasteiger partial charge < -0.3 is 9.84 Å². The van der Waals surface area contributed by atoms with Crippen molar-refractivity contribution in [1.29, 1.82) is 0 Å². The van der Waals surface area contributed by atoms with E-state index in [1.165, 1.54) is 6.07 Å². The van der Waals surface area contributed by atoms with Crippen LogP contribution in [-0.2, 0) is 13.0 Å². The first-order valence-electron chi connectivity index (χ1n) is 9.23. The van der Waals surface area contributed by atoms with E-state index in [1.54, 1.807) is 43.0 Å². The monoisotopic (exact) mass is 426 g/mol. The highest BCUT2D eigenvalue weighted by molar-refractivity contribution is 5.85. The summed E-state index contributed by atoms with van der Waals surface area (Å²) in [6.07, 6.45) is 7.23. The van der Waals surface area contributed by atoms with Crippen LogP contribution in [0.3, 0.4) is 0 Å². The maximum atomic E-state index is 13.9. The van der Waals surface area contributed by atoms with Crippen molar-refractivity contribution in [1.82, 2.24) is 25.1 Å². The second kappa shape index (κ2) is 9.41. The number of aromatic nitrogens is 5. The Bertz CT molecular complexity index is 1140. The molecule has 0 aliphatic heterocycles. The van der Waals surface area contributed by atoms with Crippen molar-refractivity contribution in [3.05, 3.63) is 71.9 Å². The summed E-state index contributed by atoms with van der Waals surface area (Å²) in [5.74, 6) is 0.824. The third-order valence-corrected chi connectivity index (χ3v) is 4.51. The van der Waals surface area contributed by atoms with Crippen LogP contribution >= 0.6 is 12.4 Å². The fourth-order valence-corrected chi connectivity index (χ4v) is 3.06. The molecular formula is C21H20ClFN6O. The largest absolute Gasteiger partial charge is 0.360 e. The minimum absolute atomic E-state index is 0. The standard InChI is InChI=1S/C21H19FN6O.ClH/c1-3-18-19(13(2)28-29-18)20-15(17-12-23-8-9-24-17)11-26-21(27-20)25-10-14-6-4-5-7-16(14)22;/h4-9,11-12H,3,10H2,1-2H3,(H,25,26,27);1H. The van der Waals surface area contributed by atoms with Crippen molar-refractivity contribution in [2.24, 2.45) is 0 Å². The van der Waals surface area contributed by atoms with E-state index in [9.17, 15) is 4.39 Å². The second-order valence-corrected chi connectivity index (χ2v) is 6.41. The lowest BCUT2D eigenvalue weighted by molar-refractivity contribution is 0.383. The Kier molecular flexibility index (Phi) is 6.68. The molecule has 0 fully saturated rings. The lowest BCUT2D eigenvalue weighted by atomic mass is 10.0. The zero-order chi connectivity index (χ0) is 20.2. The Balaban J connectivity index is 0.00000256. The average Bonchev–Trinajstić information content (AvgIpc) is 3.14. The smallest absolute Gasteiger partial charge is 0.223 e. The van der Waals surface area contributed by atoms with Crippen LogP contribution in [-0.4, -0.2) is 25.1 Å². The number of rotatable bonds is 6. The zero-order valence-electron chi connectivity index (χ0n) is 16.5. The van der Waals surface area contributed by atoms with Gasteiger partial charge in [-0.25, -0.2) is 14.4 Å². The Morgan fingerprint density at radius 3 is 2.67 bits per heavy atom. The molecule has 3 heterocycles. The summed E-state index contributed by atoms with van der Waals surface area (Å²) in [5, 5.41) is 7.18. The van der Waals surface area contributed by atoms with Gasteiger partial charge >= 0.3 is 0 Å². The molecule has 154 valence electrons. The van der Waals surface area contributed by atoms with Crippen LogP contribution in [0.15, 0.2) is 53.6 Å². The molecule has 1 N–H and O–H groups in total. The Morgan fingerprint density at radius 1 is 1.10 bits per heavy atom. The van der Waals surface area contributed by atoms with Gasteiger partial charge in [0.05, 0.1) is 28.8 Å². The number of halogens is 2. The van der Waals surface area contributed by atoms with Crippen LogP contribution in [0.5, 0.6) is 0 Å². The van der Waals surface area contributed by atoms with Gasteiger partial charge in [0.1, 0.15) is 11.6 Å². The van der Waals surface area contributed by atoms with Crippen LogP contribution in [0.1, 0.15) is 23.9 Å². The molecule has 4 aromatic rings. The molecule has 0 radical (unpaired) electrons. The van der Waals surface area contributed by atoms with Gasteiger partial charge in [0, 0.05) is 42.7 Å². The summed E-state index contributed by atoms with van der Waals surface area (Å²) < 4.78 is 19.4. The fourth-order valence-electron chi connectivity index (χ4n) is 3.06. The molecule has 0 unspecified atom stereocenters. The van der Waals surface area contributed by atoms with Gasteiger partial charge in [-0.3, -0.25) is 9.97 Å². The average molecular weight is 427 g/mol. The second-order valence-electron chi connectivity index (χ2n) is 6.41. The van der Waals surface area contributed by atoms with Gasteiger partial charge in [-0.1, -0.05) is 30.3 Å². The zero-order valence-corrected chi connectivity index (χ0v) is 17.3. The highest BCUT2D eigenvalue weighted by Gasteiger charge is 2.21. The number of nitrogens with zero attached hydrogens (tertiary/aromatic N) is 5. The number of aryl methyl sites for hydroxylation is 2. The van der Waals surface area contributed by atoms with Crippen molar-refractivity contribution in [3.8, 4) is 22.5 Å². The minimum atomic E-state index is -0.278. The van der Waals surface area contributed by atoms with Crippen molar-refractivity contribution < 1.29 is 8.91 Å². The molecule has 0 saturated carbocycles. The first-order valence-corrected chi connectivity index (χ1v) is 9.23. The summed E-state index contributed by atoms with van der Waals surface area (Å²) in [7, 11) is 0. The molecule has 0 aliphatic rings. The molecule has 0 bridgehead atoms. The first kappa shape index (κ1) is 21.3. The van der Waals surface area contributed by atoms with Gasteiger partial charge in [-0.15, -0.1) is 12.4 Å². The minimum Gasteiger partial charge on any atom is -0.360 e. The third kappa shape index (κ3) is 4.28. The predicted octanol–water partition coefficient (Wildman–Crippen LogP) is 4.63. The summed E-state index contributed by atoms with van der Waals surface area (Å²) >= 11 is 0. The number of nitrogens with one attached hydrogen (secondary N) is 1. The molecule has 1 aromatic carbocycles. The van der Waals surface area contributed by atoms with Crippen molar-refractivity contribution >= 4 is 18.4 Å². The van der Waals surface area contributed by atoms with Gasteiger partial charge in [0.15, 0.2) is 0 Å². The highest BCUT2D eigenvalue weighted by Crippen LogP contribution is 2.34. The molecule has 0 amide bonds. The lowest BCUT2D eigenvalue weighted by Crippen LogP contribution is -2.07. The summed E-state index contributed by atoms with van der Waals surface area (Å²) in [4.78, 5) is 17.6. The third-order valence-electron chi connectivity index (χ3n) is 4.51. The topological polar surface area (TPSA) is 89.6 Å². The van der Waals surface area contributed by atoms with Gasteiger partial charge in [-0.05, 0) is 13.0 Å². The van der Waals surface area contributed by atoms with Crippen molar-refractivity contribution in [2.75, 3.05) is 5.32 Å². The maximum Gasteiger partial charge on any atom is 0.223 e. The van der Waals surface area contributed by atoms with Crippen LogP contribution in [0.2, 0.25) is 0 Å². The van der Waals surface area contributed by atoms with Crippen molar-refractivity contribution in [2.45, 2.75) is 26.8 Å². The highest BCUT2D eigenvalue weighted by atomic mass is 35.5. The predicted molar refractivity (Wildman–Crippen MR) is 114 cm³/mol. The molecule has 0 spiro atoms. The number of benzene rings is 1. The van der Waals surface area contributed by atoms with E-state index >= 15 is 0 Å². The molecule has 30 heavy (non-hydrogen) atoms. The molecule has 9 heteroatoms. The molecule has 3 aromatic heterocycles. The van der Waals surface area contributed by atoms with E-state index in [0.717, 1.165) is 22.6 Å². The molecule has 0 saturated heterocycles. The lowest BCUT2D eigenvalue weighted by Gasteiger charge is -2.11. The molecule has 7 nitrogen and oxygen atoms in total. The fraction of sp³-hybridized carbons (Fsp3) is 0.190. The number of hydrogen-bond donors (Lipinski definition) is 1. The van der Waals surface area contributed by atoms with E-state index in [1.807, 2.05) is 13.8 Å². The molecule has 0 atom stereocenters. The van der Waals surface area contributed by atoms with E-state index in [2.05, 4.69) is 25.4 Å².